The molecule has 2 aliphatic heterocycles. The Hall–Kier alpha value is -1.88. The molecule has 0 N–H and O–H groups in total. The van der Waals surface area contributed by atoms with E-state index in [4.69, 9.17) is 0 Å². The van der Waals surface area contributed by atoms with E-state index in [9.17, 15) is 10.1 Å². The van der Waals surface area contributed by atoms with Gasteiger partial charge in [-0.15, -0.1) is 6.58 Å². The monoisotopic (exact) mass is 259 g/mol. The summed E-state index contributed by atoms with van der Waals surface area (Å²) in [5.74, 6) is 0. The molecule has 5 nitrogen and oxygen atoms in total. The Morgan fingerprint density at radius 1 is 1.47 bits per heavy atom. The molecule has 0 spiro atoms. The predicted octanol–water partition coefficient (Wildman–Crippen LogP) is 1.83. The minimum Gasteiger partial charge on any atom is -0.368 e. The van der Waals surface area contributed by atoms with Gasteiger partial charge in [-0.2, -0.15) is 0 Å². The second kappa shape index (κ2) is 4.66. The van der Waals surface area contributed by atoms with Crippen LogP contribution in [0.5, 0.6) is 0 Å². The molecule has 1 aromatic rings. The van der Waals surface area contributed by atoms with E-state index in [0.29, 0.717) is 6.04 Å². The van der Waals surface area contributed by atoms with Gasteiger partial charge in [-0.1, -0.05) is 12.1 Å². The van der Waals surface area contributed by atoms with Gasteiger partial charge in [0.05, 0.1) is 4.92 Å². The third kappa shape index (κ3) is 2.10. The van der Waals surface area contributed by atoms with Crippen LogP contribution in [0.15, 0.2) is 30.9 Å². The van der Waals surface area contributed by atoms with Crippen LogP contribution < -0.4 is 4.90 Å². The van der Waals surface area contributed by atoms with Crippen LogP contribution in [0.1, 0.15) is 5.56 Å². The van der Waals surface area contributed by atoms with Gasteiger partial charge in [0, 0.05) is 50.0 Å². The maximum atomic E-state index is 10.9. The van der Waals surface area contributed by atoms with Gasteiger partial charge >= 0.3 is 0 Å². The summed E-state index contributed by atoms with van der Waals surface area (Å²) in [5.41, 5.74) is 2.45. The molecule has 0 amide bonds. The number of non-ortho nitro benzene ring substituents is 1. The van der Waals surface area contributed by atoms with Crippen molar-refractivity contribution in [2.45, 2.75) is 12.5 Å². The van der Waals surface area contributed by atoms with Crippen LogP contribution in [0.25, 0.3) is 0 Å². The number of piperazine rings is 1. The molecule has 1 unspecified atom stereocenters. The maximum absolute atomic E-state index is 10.9. The van der Waals surface area contributed by atoms with Crippen LogP contribution in [-0.2, 0) is 6.42 Å². The van der Waals surface area contributed by atoms with Gasteiger partial charge in [-0.3, -0.25) is 15.0 Å². The molecule has 2 heterocycles. The lowest BCUT2D eigenvalue weighted by Crippen LogP contribution is -2.56. The SMILES string of the molecule is C=CCN1CCN2CC1Cc1ccc([N+](=O)[O-])cc12. The Kier molecular flexibility index (Phi) is 2.98. The molecule has 1 atom stereocenters. The molecule has 100 valence electrons. The van der Waals surface area contributed by atoms with Crippen LogP contribution >= 0.6 is 0 Å². The van der Waals surface area contributed by atoms with Crippen molar-refractivity contribution < 1.29 is 4.92 Å². The van der Waals surface area contributed by atoms with E-state index >= 15 is 0 Å². The van der Waals surface area contributed by atoms with Crippen molar-refractivity contribution in [3.8, 4) is 0 Å². The molecule has 2 bridgehead atoms. The molecule has 1 fully saturated rings. The van der Waals surface area contributed by atoms with Gasteiger partial charge in [0.25, 0.3) is 5.69 Å². The minimum atomic E-state index is -0.319. The van der Waals surface area contributed by atoms with Gasteiger partial charge in [0.2, 0.25) is 0 Å². The summed E-state index contributed by atoms with van der Waals surface area (Å²) in [6.45, 7) is 7.61. The second-order valence-corrected chi connectivity index (χ2v) is 5.16. The molecule has 2 aliphatic rings. The van der Waals surface area contributed by atoms with E-state index in [2.05, 4.69) is 16.4 Å². The molecule has 0 aliphatic carbocycles. The highest BCUT2D eigenvalue weighted by molar-refractivity contribution is 5.61. The van der Waals surface area contributed by atoms with Crippen LogP contribution in [0, 0.1) is 10.1 Å². The van der Waals surface area contributed by atoms with Crippen molar-refractivity contribution in [1.82, 2.24) is 4.90 Å². The average molecular weight is 259 g/mol. The van der Waals surface area contributed by atoms with Gasteiger partial charge in [-0.05, 0) is 12.0 Å². The number of anilines is 1. The van der Waals surface area contributed by atoms with Crippen LogP contribution in [0.3, 0.4) is 0 Å². The van der Waals surface area contributed by atoms with E-state index in [-0.39, 0.29) is 10.6 Å². The lowest BCUT2D eigenvalue weighted by Gasteiger charge is -2.46. The standard InChI is InChI=1S/C14H17N3O2/c1-2-5-15-6-7-16-10-13(15)8-11-3-4-12(17(18)19)9-14(11)16/h2-4,9,13H,1,5-8,10H2. The largest absolute Gasteiger partial charge is 0.368 e. The van der Waals surface area contributed by atoms with Gasteiger partial charge in [-0.25, -0.2) is 0 Å². The summed E-state index contributed by atoms with van der Waals surface area (Å²) in [6.07, 6.45) is 2.92. The number of hydrogen-bond donors (Lipinski definition) is 0. The zero-order valence-electron chi connectivity index (χ0n) is 10.8. The normalized spacial score (nSPS) is 21.9. The van der Waals surface area contributed by atoms with Gasteiger partial charge in [0.1, 0.15) is 0 Å². The van der Waals surface area contributed by atoms with Crippen LogP contribution in [-0.4, -0.2) is 42.0 Å². The first-order valence-corrected chi connectivity index (χ1v) is 6.56. The van der Waals surface area contributed by atoms with Crippen LogP contribution in [0.2, 0.25) is 0 Å². The zero-order chi connectivity index (χ0) is 13.4. The fourth-order valence-corrected chi connectivity index (χ4v) is 3.10. The van der Waals surface area contributed by atoms with Crippen molar-refractivity contribution in [3.63, 3.8) is 0 Å². The number of fused-ring (bicyclic) bond motifs is 4. The van der Waals surface area contributed by atoms with E-state index in [1.165, 1.54) is 5.56 Å². The quantitative estimate of drug-likeness (QED) is 0.472. The molecule has 3 rings (SSSR count). The lowest BCUT2D eigenvalue weighted by atomic mass is 9.94. The highest BCUT2D eigenvalue weighted by Crippen LogP contribution is 2.34. The molecule has 1 saturated heterocycles. The molecular weight excluding hydrogens is 242 g/mol. The Bertz CT molecular complexity index is 529. The molecule has 5 heteroatoms. The number of nitro benzene ring substituents is 1. The summed E-state index contributed by atoms with van der Waals surface area (Å²) in [7, 11) is 0. The molecule has 1 aromatic carbocycles. The Labute approximate surface area is 112 Å². The number of nitro groups is 1. The van der Waals surface area contributed by atoms with Crippen LogP contribution in [0.4, 0.5) is 11.4 Å². The Balaban J connectivity index is 1.91. The van der Waals surface area contributed by atoms with Crippen molar-refractivity contribution in [2.75, 3.05) is 31.1 Å². The number of nitrogens with zero attached hydrogens (tertiary/aromatic N) is 3. The Morgan fingerprint density at radius 3 is 3.05 bits per heavy atom. The lowest BCUT2D eigenvalue weighted by molar-refractivity contribution is -0.384. The van der Waals surface area contributed by atoms with E-state index in [1.54, 1.807) is 12.1 Å². The zero-order valence-corrected chi connectivity index (χ0v) is 10.8. The molecular formula is C14H17N3O2. The maximum Gasteiger partial charge on any atom is 0.271 e. The molecule has 0 radical (unpaired) electrons. The third-order valence-electron chi connectivity index (χ3n) is 4.04. The van der Waals surface area contributed by atoms with Crippen molar-refractivity contribution in [3.05, 3.63) is 46.5 Å². The first-order chi connectivity index (χ1) is 9.19. The minimum absolute atomic E-state index is 0.186. The number of hydrogen-bond acceptors (Lipinski definition) is 4. The first kappa shape index (κ1) is 12.2. The van der Waals surface area contributed by atoms with Crippen molar-refractivity contribution in [2.24, 2.45) is 0 Å². The fraction of sp³-hybridized carbons (Fsp3) is 0.429. The summed E-state index contributed by atoms with van der Waals surface area (Å²) < 4.78 is 0. The Morgan fingerprint density at radius 2 is 2.32 bits per heavy atom. The van der Waals surface area contributed by atoms with E-state index in [0.717, 1.165) is 38.3 Å². The number of rotatable bonds is 3. The van der Waals surface area contributed by atoms with Gasteiger partial charge < -0.3 is 4.90 Å². The summed E-state index contributed by atoms with van der Waals surface area (Å²) in [6, 6.07) is 5.73. The fourth-order valence-electron chi connectivity index (χ4n) is 3.10. The highest BCUT2D eigenvalue weighted by Gasteiger charge is 2.33. The van der Waals surface area contributed by atoms with E-state index in [1.807, 2.05) is 12.1 Å². The predicted molar refractivity (Wildman–Crippen MR) is 74.6 cm³/mol. The second-order valence-electron chi connectivity index (χ2n) is 5.16. The summed E-state index contributed by atoms with van der Waals surface area (Å²) >= 11 is 0. The number of benzene rings is 1. The van der Waals surface area contributed by atoms with Crippen molar-refractivity contribution >= 4 is 11.4 Å². The molecule has 0 saturated carbocycles. The topological polar surface area (TPSA) is 49.6 Å². The third-order valence-corrected chi connectivity index (χ3v) is 4.04. The highest BCUT2D eigenvalue weighted by atomic mass is 16.6. The van der Waals surface area contributed by atoms with Gasteiger partial charge in [0.15, 0.2) is 0 Å². The first-order valence-electron chi connectivity index (χ1n) is 6.56. The van der Waals surface area contributed by atoms with Crippen molar-refractivity contribution in [1.29, 1.82) is 0 Å². The molecule has 19 heavy (non-hydrogen) atoms. The van der Waals surface area contributed by atoms with E-state index < -0.39 is 0 Å². The summed E-state index contributed by atoms with van der Waals surface area (Å²) in [4.78, 5) is 15.3. The summed E-state index contributed by atoms with van der Waals surface area (Å²) in [5, 5.41) is 10.9. The smallest absolute Gasteiger partial charge is 0.271 e. The average Bonchev–Trinajstić information content (AvgIpc) is 2.41. The molecule has 0 aromatic heterocycles.